The molecule has 1 aliphatic rings. The van der Waals surface area contributed by atoms with Crippen molar-refractivity contribution < 1.29 is 0 Å². The van der Waals surface area contributed by atoms with Crippen LogP contribution in [0.4, 0.5) is 0 Å². The fourth-order valence-electron chi connectivity index (χ4n) is 1.25. The molecule has 1 aliphatic carbocycles. The molecule has 0 saturated heterocycles. The Labute approximate surface area is 61.7 Å². The number of nitrogens with one attached hydrogen (secondary N) is 1. The van der Waals surface area contributed by atoms with E-state index in [9.17, 15) is 0 Å². The van der Waals surface area contributed by atoms with Gasteiger partial charge in [0.1, 0.15) is 0 Å². The molecule has 0 aromatic heterocycles. The molecule has 2 nitrogen and oxygen atoms in total. The first-order chi connectivity index (χ1) is 4.33. The molecule has 0 radical (unpaired) electrons. The Hall–Kier alpha value is 0.270. The SMILES string of the molecule is NC1CCC(NS)CC1. The van der Waals surface area contributed by atoms with Crippen molar-refractivity contribution in [1.29, 1.82) is 0 Å². The summed E-state index contributed by atoms with van der Waals surface area (Å²) >= 11 is 4.00. The maximum atomic E-state index is 5.70. The van der Waals surface area contributed by atoms with Gasteiger partial charge in [-0.25, -0.2) is 0 Å². The van der Waals surface area contributed by atoms with Crippen LogP contribution in [0.15, 0.2) is 0 Å². The topological polar surface area (TPSA) is 38.0 Å². The molecule has 0 amide bonds. The fraction of sp³-hybridized carbons (Fsp3) is 1.00. The molecule has 0 aromatic rings. The highest BCUT2D eigenvalue weighted by Gasteiger charge is 2.16. The molecule has 0 aliphatic heterocycles. The quantitative estimate of drug-likeness (QED) is 0.476. The monoisotopic (exact) mass is 146 g/mol. The van der Waals surface area contributed by atoms with Gasteiger partial charge in [-0.2, -0.15) is 0 Å². The Balaban J connectivity index is 2.18. The lowest BCUT2D eigenvalue weighted by molar-refractivity contribution is 0.382. The van der Waals surface area contributed by atoms with E-state index in [0.717, 1.165) is 12.8 Å². The summed E-state index contributed by atoms with van der Waals surface area (Å²) in [6, 6.07) is 1.05. The van der Waals surface area contributed by atoms with E-state index in [1.54, 1.807) is 0 Å². The van der Waals surface area contributed by atoms with E-state index < -0.39 is 0 Å². The Bertz CT molecular complexity index is 79.1. The molecule has 1 rings (SSSR count). The van der Waals surface area contributed by atoms with Crippen LogP contribution in [-0.4, -0.2) is 12.1 Å². The summed E-state index contributed by atoms with van der Waals surface area (Å²) in [5.74, 6) is 0. The second-order valence-corrected chi connectivity index (χ2v) is 3.00. The van der Waals surface area contributed by atoms with Gasteiger partial charge in [-0.15, -0.1) is 0 Å². The summed E-state index contributed by atoms with van der Waals surface area (Å²) < 4.78 is 2.96. The van der Waals surface area contributed by atoms with E-state index in [1.165, 1.54) is 12.8 Å². The molecule has 0 spiro atoms. The summed E-state index contributed by atoms with van der Waals surface area (Å²) in [6.45, 7) is 0. The van der Waals surface area contributed by atoms with E-state index in [-0.39, 0.29) is 0 Å². The van der Waals surface area contributed by atoms with Crippen LogP contribution >= 0.6 is 12.8 Å². The van der Waals surface area contributed by atoms with E-state index in [1.807, 2.05) is 0 Å². The van der Waals surface area contributed by atoms with Gasteiger partial charge in [-0.3, -0.25) is 4.72 Å². The highest BCUT2D eigenvalue weighted by molar-refractivity contribution is 7.78. The molecule has 0 unspecified atom stereocenters. The van der Waals surface area contributed by atoms with Crippen molar-refractivity contribution in [1.82, 2.24) is 4.72 Å². The van der Waals surface area contributed by atoms with Crippen molar-refractivity contribution in [3.63, 3.8) is 0 Å². The highest BCUT2D eigenvalue weighted by atomic mass is 32.1. The van der Waals surface area contributed by atoms with E-state index in [4.69, 9.17) is 5.73 Å². The molecule has 3 N–H and O–H groups in total. The van der Waals surface area contributed by atoms with Gasteiger partial charge < -0.3 is 5.73 Å². The zero-order chi connectivity index (χ0) is 6.69. The van der Waals surface area contributed by atoms with Gasteiger partial charge in [0.25, 0.3) is 0 Å². The molecule has 54 valence electrons. The second kappa shape index (κ2) is 3.44. The van der Waals surface area contributed by atoms with Crippen LogP contribution in [0.1, 0.15) is 25.7 Å². The molecular formula is C6H14N2S. The van der Waals surface area contributed by atoms with Gasteiger partial charge >= 0.3 is 0 Å². The van der Waals surface area contributed by atoms with Crippen molar-refractivity contribution in [3.05, 3.63) is 0 Å². The van der Waals surface area contributed by atoms with Crippen LogP contribution in [0.5, 0.6) is 0 Å². The minimum Gasteiger partial charge on any atom is -0.328 e. The maximum Gasteiger partial charge on any atom is 0.0170 e. The maximum absolute atomic E-state index is 5.70. The third kappa shape index (κ3) is 2.16. The van der Waals surface area contributed by atoms with Crippen LogP contribution in [0, 0.1) is 0 Å². The molecule has 0 aromatic carbocycles. The third-order valence-electron chi connectivity index (χ3n) is 1.95. The largest absolute Gasteiger partial charge is 0.328 e. The second-order valence-electron chi connectivity index (χ2n) is 2.74. The Morgan fingerprint density at radius 3 is 2.22 bits per heavy atom. The minimum absolute atomic E-state index is 0.447. The van der Waals surface area contributed by atoms with Crippen LogP contribution in [0.25, 0.3) is 0 Å². The van der Waals surface area contributed by atoms with Crippen LogP contribution in [0.2, 0.25) is 0 Å². The standard InChI is InChI=1S/C6H14N2S/c7-5-1-3-6(8-9)4-2-5/h5-6,8-9H,1-4,7H2. The number of nitrogens with two attached hydrogens (primary N) is 1. The van der Waals surface area contributed by atoms with E-state index >= 15 is 0 Å². The summed E-state index contributed by atoms with van der Waals surface area (Å²) in [4.78, 5) is 0. The number of hydrogen-bond donors (Lipinski definition) is 3. The zero-order valence-electron chi connectivity index (χ0n) is 5.51. The number of thiol groups is 1. The predicted molar refractivity (Wildman–Crippen MR) is 42.4 cm³/mol. The van der Waals surface area contributed by atoms with Crippen molar-refractivity contribution in [2.45, 2.75) is 37.8 Å². The molecule has 0 bridgehead atoms. The molecule has 1 saturated carbocycles. The zero-order valence-corrected chi connectivity index (χ0v) is 6.40. The van der Waals surface area contributed by atoms with E-state index in [0.29, 0.717) is 12.1 Å². The van der Waals surface area contributed by atoms with Crippen molar-refractivity contribution in [2.24, 2.45) is 5.73 Å². The Kier molecular flexibility index (Phi) is 2.82. The molecular weight excluding hydrogens is 132 g/mol. The lowest BCUT2D eigenvalue weighted by Gasteiger charge is -2.24. The highest BCUT2D eigenvalue weighted by Crippen LogP contribution is 2.16. The average Bonchev–Trinajstić information content (AvgIpc) is 1.90. The fourth-order valence-corrected chi connectivity index (χ4v) is 1.51. The van der Waals surface area contributed by atoms with Crippen LogP contribution < -0.4 is 10.5 Å². The summed E-state index contributed by atoms with van der Waals surface area (Å²) in [5.41, 5.74) is 5.70. The molecule has 0 heterocycles. The lowest BCUT2D eigenvalue weighted by atomic mass is 9.93. The van der Waals surface area contributed by atoms with Crippen molar-refractivity contribution in [2.75, 3.05) is 0 Å². The number of hydrogen-bond acceptors (Lipinski definition) is 3. The van der Waals surface area contributed by atoms with Crippen LogP contribution in [0.3, 0.4) is 0 Å². The first kappa shape index (κ1) is 7.38. The van der Waals surface area contributed by atoms with Crippen LogP contribution in [-0.2, 0) is 0 Å². The third-order valence-corrected chi connectivity index (χ3v) is 2.32. The Morgan fingerprint density at radius 1 is 1.22 bits per heavy atom. The molecule has 1 fully saturated rings. The van der Waals surface area contributed by atoms with Gasteiger partial charge in [-0.1, -0.05) is 12.8 Å². The number of rotatable bonds is 1. The predicted octanol–water partition coefficient (Wildman–Crippen LogP) is 0.691. The lowest BCUT2D eigenvalue weighted by Crippen LogP contribution is -2.33. The molecule has 9 heavy (non-hydrogen) atoms. The van der Waals surface area contributed by atoms with Gasteiger partial charge in [0, 0.05) is 12.1 Å². The van der Waals surface area contributed by atoms with Gasteiger partial charge in [0.05, 0.1) is 0 Å². The summed E-state index contributed by atoms with van der Waals surface area (Å²) in [6.07, 6.45) is 4.67. The van der Waals surface area contributed by atoms with Gasteiger partial charge in [-0.05, 0) is 25.7 Å². The first-order valence-corrected chi connectivity index (χ1v) is 3.93. The first-order valence-electron chi connectivity index (χ1n) is 3.48. The molecule has 3 heteroatoms. The van der Waals surface area contributed by atoms with E-state index in [2.05, 4.69) is 17.5 Å². The summed E-state index contributed by atoms with van der Waals surface area (Å²) in [5, 5.41) is 0. The minimum atomic E-state index is 0.447. The smallest absolute Gasteiger partial charge is 0.0170 e. The Morgan fingerprint density at radius 2 is 1.78 bits per heavy atom. The van der Waals surface area contributed by atoms with Gasteiger partial charge in [0.15, 0.2) is 0 Å². The normalized spacial score (nSPS) is 36.7. The summed E-state index contributed by atoms with van der Waals surface area (Å²) in [7, 11) is 0. The molecule has 0 atom stereocenters. The average molecular weight is 146 g/mol. The van der Waals surface area contributed by atoms with Crippen molar-refractivity contribution in [3.8, 4) is 0 Å². The van der Waals surface area contributed by atoms with Gasteiger partial charge in [0.2, 0.25) is 0 Å². The van der Waals surface area contributed by atoms with Crippen molar-refractivity contribution >= 4 is 12.8 Å².